The molecule has 0 bridgehead atoms. The molecule has 1 nitrogen and oxygen atoms in total. The quantitative estimate of drug-likeness (QED) is 0.745. The Morgan fingerprint density at radius 1 is 1.67 bits per heavy atom. The van der Waals surface area contributed by atoms with Crippen LogP contribution in [0.4, 0.5) is 0 Å². The number of aliphatic hydroxyl groups excluding tert-OH is 1. The van der Waals surface area contributed by atoms with Gasteiger partial charge in [-0.05, 0) is 42.2 Å². The maximum atomic E-state index is 9.85. The zero-order valence-electron chi connectivity index (χ0n) is 7.45. The van der Waals surface area contributed by atoms with Crippen molar-refractivity contribution in [3.05, 3.63) is 21.9 Å². The van der Waals surface area contributed by atoms with Gasteiger partial charge in [0.2, 0.25) is 0 Å². The molecule has 1 fully saturated rings. The Labute approximate surface area is 77.0 Å². The highest BCUT2D eigenvalue weighted by Crippen LogP contribution is 2.47. The van der Waals surface area contributed by atoms with E-state index >= 15 is 0 Å². The first kappa shape index (κ1) is 8.27. The highest BCUT2D eigenvalue weighted by molar-refractivity contribution is 7.10. The van der Waals surface area contributed by atoms with E-state index in [2.05, 4.69) is 25.3 Å². The first-order valence-electron chi connectivity index (χ1n) is 4.41. The number of rotatable bonds is 2. The second kappa shape index (κ2) is 2.86. The number of hydrogen-bond donors (Lipinski definition) is 1. The predicted molar refractivity (Wildman–Crippen MR) is 51.3 cm³/mol. The summed E-state index contributed by atoms with van der Waals surface area (Å²) in [5, 5.41) is 11.9. The third-order valence-corrected chi connectivity index (χ3v) is 3.55. The van der Waals surface area contributed by atoms with Crippen LogP contribution in [0, 0.1) is 18.8 Å². The minimum atomic E-state index is -0.204. The van der Waals surface area contributed by atoms with Gasteiger partial charge in [0.05, 0.1) is 6.10 Å². The van der Waals surface area contributed by atoms with E-state index in [9.17, 15) is 5.11 Å². The van der Waals surface area contributed by atoms with Gasteiger partial charge in [0, 0.05) is 4.88 Å². The van der Waals surface area contributed by atoms with Gasteiger partial charge in [0.25, 0.3) is 0 Å². The van der Waals surface area contributed by atoms with Crippen molar-refractivity contribution in [2.45, 2.75) is 26.4 Å². The summed E-state index contributed by atoms with van der Waals surface area (Å²) in [4.78, 5) is 1.29. The van der Waals surface area contributed by atoms with Crippen LogP contribution in [-0.4, -0.2) is 5.11 Å². The van der Waals surface area contributed by atoms with E-state index in [-0.39, 0.29) is 6.10 Å². The zero-order chi connectivity index (χ0) is 8.72. The van der Waals surface area contributed by atoms with Crippen LogP contribution in [0.1, 0.15) is 29.9 Å². The second-order valence-corrected chi connectivity index (χ2v) is 4.93. The summed E-state index contributed by atoms with van der Waals surface area (Å²) < 4.78 is 0. The molecule has 66 valence electrons. The molecule has 0 spiro atoms. The maximum absolute atomic E-state index is 9.85. The molecule has 2 rings (SSSR count). The molecular formula is C10H14OS. The van der Waals surface area contributed by atoms with Gasteiger partial charge < -0.3 is 5.11 Å². The molecule has 12 heavy (non-hydrogen) atoms. The number of thiophene rings is 1. The molecule has 1 aliphatic carbocycles. The van der Waals surface area contributed by atoms with E-state index in [4.69, 9.17) is 0 Å². The lowest BCUT2D eigenvalue weighted by atomic mass is 10.1. The van der Waals surface area contributed by atoms with Crippen LogP contribution in [0.5, 0.6) is 0 Å². The van der Waals surface area contributed by atoms with Crippen molar-refractivity contribution in [3.8, 4) is 0 Å². The van der Waals surface area contributed by atoms with Crippen LogP contribution in [0.2, 0.25) is 0 Å². The first-order valence-corrected chi connectivity index (χ1v) is 5.29. The van der Waals surface area contributed by atoms with Crippen LogP contribution in [0.3, 0.4) is 0 Å². The van der Waals surface area contributed by atoms with Gasteiger partial charge in [-0.2, -0.15) is 0 Å². The Bertz CT molecular complexity index is 279. The van der Waals surface area contributed by atoms with E-state index in [1.54, 1.807) is 11.3 Å². The first-order chi connectivity index (χ1) is 5.68. The van der Waals surface area contributed by atoms with Gasteiger partial charge in [0.1, 0.15) is 0 Å². The van der Waals surface area contributed by atoms with Crippen molar-refractivity contribution in [2.24, 2.45) is 11.8 Å². The van der Waals surface area contributed by atoms with Gasteiger partial charge >= 0.3 is 0 Å². The normalized spacial score (nSPS) is 30.2. The zero-order valence-corrected chi connectivity index (χ0v) is 8.27. The molecule has 2 heteroatoms. The molecule has 1 saturated carbocycles. The van der Waals surface area contributed by atoms with Crippen molar-refractivity contribution >= 4 is 11.3 Å². The average Bonchev–Trinajstić information content (AvgIpc) is 2.58. The molecule has 0 radical (unpaired) electrons. The Morgan fingerprint density at radius 3 is 2.75 bits per heavy atom. The number of aliphatic hydroxyl groups is 1. The molecule has 1 aliphatic rings. The molecule has 1 aromatic heterocycles. The number of aryl methyl sites for hydroxylation is 1. The van der Waals surface area contributed by atoms with E-state index < -0.39 is 0 Å². The smallest absolute Gasteiger partial charge is 0.0828 e. The van der Waals surface area contributed by atoms with E-state index in [1.807, 2.05) is 0 Å². The molecule has 1 heterocycles. The standard InChI is InChI=1S/C10H14OS/c1-6-3-9(6)10(11)8-4-7(2)12-5-8/h4-6,9-11H,3H2,1-2H3. The van der Waals surface area contributed by atoms with E-state index in [0.717, 1.165) is 11.5 Å². The molecule has 1 N–H and O–H groups in total. The third kappa shape index (κ3) is 1.41. The summed E-state index contributed by atoms with van der Waals surface area (Å²) in [6, 6.07) is 2.10. The molecular weight excluding hydrogens is 168 g/mol. The summed E-state index contributed by atoms with van der Waals surface area (Å²) in [5.74, 6) is 1.25. The van der Waals surface area contributed by atoms with Gasteiger partial charge in [-0.25, -0.2) is 0 Å². The van der Waals surface area contributed by atoms with Crippen LogP contribution < -0.4 is 0 Å². The molecule has 3 unspecified atom stereocenters. The molecule has 0 amide bonds. The lowest BCUT2D eigenvalue weighted by Gasteiger charge is -2.06. The molecule has 0 aliphatic heterocycles. The Balaban J connectivity index is 2.09. The highest BCUT2D eigenvalue weighted by Gasteiger charge is 2.39. The van der Waals surface area contributed by atoms with Gasteiger partial charge in [-0.1, -0.05) is 6.92 Å². The molecule has 0 aromatic carbocycles. The number of hydrogen-bond acceptors (Lipinski definition) is 2. The van der Waals surface area contributed by atoms with Crippen LogP contribution >= 0.6 is 11.3 Å². The summed E-state index contributed by atoms with van der Waals surface area (Å²) in [6.07, 6.45) is 0.987. The van der Waals surface area contributed by atoms with Crippen molar-refractivity contribution in [3.63, 3.8) is 0 Å². The van der Waals surface area contributed by atoms with Crippen LogP contribution in [-0.2, 0) is 0 Å². The topological polar surface area (TPSA) is 20.2 Å². The predicted octanol–water partition coefficient (Wildman–Crippen LogP) is 2.75. The van der Waals surface area contributed by atoms with Gasteiger partial charge in [-0.3, -0.25) is 0 Å². The summed E-state index contributed by atoms with van der Waals surface area (Å²) in [5.41, 5.74) is 1.12. The van der Waals surface area contributed by atoms with Crippen molar-refractivity contribution < 1.29 is 5.11 Å². The minimum Gasteiger partial charge on any atom is -0.388 e. The summed E-state index contributed by atoms with van der Waals surface area (Å²) in [7, 11) is 0. The van der Waals surface area contributed by atoms with Gasteiger partial charge in [0.15, 0.2) is 0 Å². The van der Waals surface area contributed by atoms with Crippen molar-refractivity contribution in [1.29, 1.82) is 0 Å². The summed E-state index contributed by atoms with van der Waals surface area (Å²) in [6.45, 7) is 4.28. The molecule has 3 atom stereocenters. The third-order valence-electron chi connectivity index (χ3n) is 2.67. The fourth-order valence-electron chi connectivity index (χ4n) is 1.66. The lowest BCUT2D eigenvalue weighted by molar-refractivity contribution is 0.148. The van der Waals surface area contributed by atoms with Crippen molar-refractivity contribution in [1.82, 2.24) is 0 Å². The highest BCUT2D eigenvalue weighted by atomic mass is 32.1. The van der Waals surface area contributed by atoms with E-state index in [0.29, 0.717) is 5.92 Å². The average molecular weight is 182 g/mol. The van der Waals surface area contributed by atoms with E-state index in [1.165, 1.54) is 11.3 Å². The Morgan fingerprint density at radius 2 is 2.33 bits per heavy atom. The minimum absolute atomic E-state index is 0.204. The summed E-state index contributed by atoms with van der Waals surface area (Å²) >= 11 is 1.72. The maximum Gasteiger partial charge on any atom is 0.0828 e. The Kier molecular flexibility index (Phi) is 1.97. The lowest BCUT2D eigenvalue weighted by Crippen LogP contribution is -1.98. The van der Waals surface area contributed by atoms with Crippen LogP contribution in [0.25, 0.3) is 0 Å². The fraction of sp³-hybridized carbons (Fsp3) is 0.600. The van der Waals surface area contributed by atoms with Gasteiger partial charge in [-0.15, -0.1) is 11.3 Å². The molecule has 1 aromatic rings. The fourth-order valence-corrected chi connectivity index (χ4v) is 2.39. The molecule has 0 saturated heterocycles. The van der Waals surface area contributed by atoms with Crippen LogP contribution in [0.15, 0.2) is 11.4 Å². The SMILES string of the molecule is Cc1cc(C(O)C2CC2C)cs1. The second-order valence-electron chi connectivity index (χ2n) is 3.81. The largest absolute Gasteiger partial charge is 0.388 e. The van der Waals surface area contributed by atoms with Crippen molar-refractivity contribution in [2.75, 3.05) is 0 Å². The Hall–Kier alpha value is -0.340. The monoisotopic (exact) mass is 182 g/mol.